The largest absolute Gasteiger partial charge is 0.497 e. The molecule has 1 N–H and O–H groups in total. The molecular formula is C16H24N2O. The minimum Gasteiger partial charge on any atom is -0.497 e. The van der Waals surface area contributed by atoms with Crippen molar-refractivity contribution >= 4 is 0 Å². The maximum Gasteiger partial charge on any atom is 0.119 e. The van der Waals surface area contributed by atoms with Crippen LogP contribution in [-0.4, -0.2) is 31.6 Å². The molecule has 1 aromatic rings. The molecule has 0 spiro atoms. The fourth-order valence-electron chi connectivity index (χ4n) is 3.37. The van der Waals surface area contributed by atoms with Crippen LogP contribution in [0.4, 0.5) is 0 Å². The highest BCUT2D eigenvalue weighted by molar-refractivity contribution is 5.39. The lowest BCUT2D eigenvalue weighted by Crippen LogP contribution is -2.40. The zero-order valence-corrected chi connectivity index (χ0v) is 11.8. The Labute approximate surface area is 115 Å². The van der Waals surface area contributed by atoms with Gasteiger partial charge in [0.05, 0.1) is 7.11 Å². The number of nitrogens with zero attached hydrogens (tertiary/aromatic N) is 1. The summed E-state index contributed by atoms with van der Waals surface area (Å²) in [5.41, 5.74) is 2.90. The molecule has 0 amide bonds. The molecule has 3 heteroatoms. The van der Waals surface area contributed by atoms with Crippen LogP contribution in [0, 0.1) is 0 Å². The molecule has 0 unspecified atom stereocenters. The predicted octanol–water partition coefficient (Wildman–Crippen LogP) is 2.72. The molecule has 0 saturated carbocycles. The number of fused-ring (bicyclic) bond motifs is 1. The summed E-state index contributed by atoms with van der Waals surface area (Å²) in [7, 11) is 1.74. The monoisotopic (exact) mass is 260 g/mol. The summed E-state index contributed by atoms with van der Waals surface area (Å²) >= 11 is 0. The molecule has 1 atom stereocenters. The van der Waals surface area contributed by atoms with Crippen molar-refractivity contribution in [2.45, 2.75) is 38.3 Å². The third-order valence-corrected chi connectivity index (χ3v) is 4.44. The number of hydrogen-bond donors (Lipinski definition) is 1. The van der Waals surface area contributed by atoms with Crippen molar-refractivity contribution in [3.8, 4) is 5.75 Å². The maximum atomic E-state index is 5.34. The third kappa shape index (κ3) is 2.77. The van der Waals surface area contributed by atoms with Crippen LogP contribution in [0.5, 0.6) is 5.75 Å². The molecule has 3 rings (SSSR count). The van der Waals surface area contributed by atoms with E-state index in [2.05, 4.69) is 28.4 Å². The SMILES string of the molecule is COc1ccc2c(c1)CNC[C@H]2N1CCCCCC1. The van der Waals surface area contributed by atoms with Gasteiger partial charge in [0.25, 0.3) is 0 Å². The van der Waals surface area contributed by atoms with Crippen molar-refractivity contribution in [2.75, 3.05) is 26.7 Å². The summed E-state index contributed by atoms with van der Waals surface area (Å²) in [4.78, 5) is 2.67. The average Bonchev–Trinajstić information content (AvgIpc) is 2.75. The van der Waals surface area contributed by atoms with Crippen LogP contribution in [-0.2, 0) is 6.54 Å². The lowest BCUT2D eigenvalue weighted by molar-refractivity contribution is 0.192. The Bertz CT molecular complexity index is 425. The second kappa shape index (κ2) is 5.93. The number of nitrogens with one attached hydrogen (secondary N) is 1. The summed E-state index contributed by atoms with van der Waals surface area (Å²) in [6.45, 7) is 4.55. The number of methoxy groups -OCH3 is 1. The van der Waals surface area contributed by atoms with Gasteiger partial charge in [-0.2, -0.15) is 0 Å². The lowest BCUT2D eigenvalue weighted by atomic mass is 9.95. The lowest BCUT2D eigenvalue weighted by Gasteiger charge is -2.35. The van der Waals surface area contributed by atoms with Crippen LogP contribution in [0.1, 0.15) is 42.9 Å². The molecular weight excluding hydrogens is 236 g/mol. The van der Waals surface area contributed by atoms with E-state index in [0.717, 1.165) is 18.8 Å². The first-order chi connectivity index (χ1) is 9.38. The van der Waals surface area contributed by atoms with Crippen molar-refractivity contribution in [1.29, 1.82) is 0 Å². The first-order valence-corrected chi connectivity index (χ1v) is 7.50. The highest BCUT2D eigenvalue weighted by Crippen LogP contribution is 2.31. The Morgan fingerprint density at radius 1 is 1.16 bits per heavy atom. The summed E-state index contributed by atoms with van der Waals surface area (Å²) in [6.07, 6.45) is 5.49. The summed E-state index contributed by atoms with van der Waals surface area (Å²) in [6, 6.07) is 7.11. The van der Waals surface area contributed by atoms with Gasteiger partial charge in [-0.25, -0.2) is 0 Å². The molecule has 0 aliphatic carbocycles. The van der Waals surface area contributed by atoms with Crippen LogP contribution < -0.4 is 10.1 Å². The summed E-state index contributed by atoms with van der Waals surface area (Å²) < 4.78 is 5.34. The second-order valence-corrected chi connectivity index (χ2v) is 5.66. The number of likely N-dealkylation sites (tertiary alicyclic amines) is 1. The van der Waals surface area contributed by atoms with Gasteiger partial charge in [-0.3, -0.25) is 4.90 Å². The highest BCUT2D eigenvalue weighted by atomic mass is 16.5. The fraction of sp³-hybridized carbons (Fsp3) is 0.625. The van der Waals surface area contributed by atoms with E-state index in [9.17, 15) is 0 Å². The van der Waals surface area contributed by atoms with E-state index in [1.165, 1.54) is 49.9 Å². The van der Waals surface area contributed by atoms with Gasteiger partial charge in [-0.1, -0.05) is 18.9 Å². The Kier molecular flexibility index (Phi) is 4.04. The van der Waals surface area contributed by atoms with Crippen molar-refractivity contribution < 1.29 is 4.74 Å². The van der Waals surface area contributed by atoms with Gasteiger partial charge in [-0.15, -0.1) is 0 Å². The molecule has 1 fully saturated rings. The van der Waals surface area contributed by atoms with Gasteiger partial charge in [0.2, 0.25) is 0 Å². The van der Waals surface area contributed by atoms with Crippen molar-refractivity contribution in [3.63, 3.8) is 0 Å². The number of ether oxygens (including phenoxy) is 1. The first kappa shape index (κ1) is 12.9. The number of benzene rings is 1. The predicted molar refractivity (Wildman–Crippen MR) is 77.5 cm³/mol. The smallest absolute Gasteiger partial charge is 0.119 e. The van der Waals surface area contributed by atoms with Crippen LogP contribution in [0.25, 0.3) is 0 Å². The van der Waals surface area contributed by atoms with Crippen molar-refractivity contribution in [2.24, 2.45) is 0 Å². The van der Waals surface area contributed by atoms with Gasteiger partial charge < -0.3 is 10.1 Å². The summed E-state index contributed by atoms with van der Waals surface area (Å²) in [5, 5.41) is 3.56. The standard InChI is InChI=1S/C16H24N2O/c1-19-14-6-7-15-13(10-14)11-17-12-16(15)18-8-4-2-3-5-9-18/h6-7,10,16-17H,2-5,8-9,11-12H2,1H3/t16-/m1/s1. The third-order valence-electron chi connectivity index (χ3n) is 4.44. The normalized spacial score (nSPS) is 24.6. The van der Waals surface area contributed by atoms with E-state index >= 15 is 0 Å². The molecule has 19 heavy (non-hydrogen) atoms. The summed E-state index contributed by atoms with van der Waals surface area (Å²) in [5.74, 6) is 0.970. The Hall–Kier alpha value is -1.06. The molecule has 0 aromatic heterocycles. The van der Waals surface area contributed by atoms with E-state index in [4.69, 9.17) is 4.74 Å². The highest BCUT2D eigenvalue weighted by Gasteiger charge is 2.26. The molecule has 1 saturated heterocycles. The second-order valence-electron chi connectivity index (χ2n) is 5.66. The molecule has 104 valence electrons. The minimum atomic E-state index is 0.549. The topological polar surface area (TPSA) is 24.5 Å². The van der Waals surface area contributed by atoms with Crippen molar-refractivity contribution in [1.82, 2.24) is 10.2 Å². The van der Waals surface area contributed by atoms with Crippen LogP contribution in [0.15, 0.2) is 18.2 Å². The molecule has 0 radical (unpaired) electrons. The molecule has 1 aromatic carbocycles. The average molecular weight is 260 g/mol. The van der Waals surface area contributed by atoms with Gasteiger partial charge in [0.15, 0.2) is 0 Å². The molecule has 2 heterocycles. The number of hydrogen-bond acceptors (Lipinski definition) is 3. The zero-order chi connectivity index (χ0) is 13.1. The van der Waals surface area contributed by atoms with E-state index in [-0.39, 0.29) is 0 Å². The van der Waals surface area contributed by atoms with E-state index < -0.39 is 0 Å². The number of rotatable bonds is 2. The van der Waals surface area contributed by atoms with Crippen LogP contribution >= 0.6 is 0 Å². The first-order valence-electron chi connectivity index (χ1n) is 7.50. The Morgan fingerprint density at radius 2 is 1.95 bits per heavy atom. The Balaban J connectivity index is 1.84. The van der Waals surface area contributed by atoms with Gasteiger partial charge in [-0.05, 0) is 49.2 Å². The van der Waals surface area contributed by atoms with Gasteiger partial charge in [0, 0.05) is 19.1 Å². The van der Waals surface area contributed by atoms with Crippen LogP contribution in [0.2, 0.25) is 0 Å². The van der Waals surface area contributed by atoms with Crippen LogP contribution in [0.3, 0.4) is 0 Å². The van der Waals surface area contributed by atoms with Gasteiger partial charge >= 0.3 is 0 Å². The molecule has 3 nitrogen and oxygen atoms in total. The maximum absolute atomic E-state index is 5.34. The van der Waals surface area contributed by atoms with E-state index in [1.54, 1.807) is 7.11 Å². The molecule has 2 aliphatic heterocycles. The molecule has 0 bridgehead atoms. The Morgan fingerprint density at radius 3 is 2.68 bits per heavy atom. The van der Waals surface area contributed by atoms with E-state index in [0.29, 0.717) is 6.04 Å². The van der Waals surface area contributed by atoms with Gasteiger partial charge in [0.1, 0.15) is 5.75 Å². The van der Waals surface area contributed by atoms with Crippen molar-refractivity contribution in [3.05, 3.63) is 29.3 Å². The fourth-order valence-corrected chi connectivity index (χ4v) is 3.37. The molecule has 2 aliphatic rings. The zero-order valence-electron chi connectivity index (χ0n) is 11.8. The quantitative estimate of drug-likeness (QED) is 0.885. The minimum absolute atomic E-state index is 0.549. The van der Waals surface area contributed by atoms with E-state index in [1.807, 2.05) is 0 Å².